The molecule has 0 aromatic carbocycles. The number of furan rings is 1. The van der Waals surface area contributed by atoms with Gasteiger partial charge in [0.1, 0.15) is 0 Å². The van der Waals surface area contributed by atoms with E-state index < -0.39 is 0 Å². The highest BCUT2D eigenvalue weighted by Gasteiger charge is 2.13. The van der Waals surface area contributed by atoms with E-state index >= 15 is 0 Å². The Balaban J connectivity index is 2.31. The predicted molar refractivity (Wildman–Crippen MR) is 53.8 cm³/mol. The summed E-state index contributed by atoms with van der Waals surface area (Å²) in [5.74, 6) is 0. The molecule has 1 unspecified atom stereocenters. The summed E-state index contributed by atoms with van der Waals surface area (Å²) in [6.45, 7) is 0. The van der Waals surface area contributed by atoms with Crippen LogP contribution in [0.1, 0.15) is 17.3 Å². The van der Waals surface area contributed by atoms with E-state index in [-0.39, 0.29) is 6.04 Å². The van der Waals surface area contributed by atoms with Gasteiger partial charge in [-0.2, -0.15) is 0 Å². The van der Waals surface area contributed by atoms with Gasteiger partial charge in [0.05, 0.1) is 24.3 Å². The second-order valence-electron chi connectivity index (χ2n) is 3.03. The summed E-state index contributed by atoms with van der Waals surface area (Å²) in [7, 11) is 1.91. The SMILES string of the molecule is CNC(c1ccoc1)c1ccccn1. The lowest BCUT2D eigenvalue weighted by atomic mass is 10.1. The van der Waals surface area contributed by atoms with Crippen LogP contribution in [0.3, 0.4) is 0 Å². The zero-order valence-corrected chi connectivity index (χ0v) is 7.97. The van der Waals surface area contributed by atoms with E-state index in [1.165, 1.54) is 0 Å². The third-order valence-corrected chi connectivity index (χ3v) is 2.15. The first-order valence-electron chi connectivity index (χ1n) is 4.52. The number of hydrogen-bond donors (Lipinski definition) is 1. The van der Waals surface area contributed by atoms with E-state index in [0.29, 0.717) is 0 Å². The van der Waals surface area contributed by atoms with Gasteiger partial charge in [0.15, 0.2) is 0 Å². The molecule has 0 saturated heterocycles. The van der Waals surface area contributed by atoms with Crippen LogP contribution in [0.15, 0.2) is 47.4 Å². The van der Waals surface area contributed by atoms with Crippen molar-refractivity contribution < 1.29 is 4.42 Å². The number of aromatic nitrogens is 1. The molecule has 3 nitrogen and oxygen atoms in total. The predicted octanol–water partition coefficient (Wildman–Crippen LogP) is 1.98. The molecule has 2 rings (SSSR count). The first-order chi connectivity index (χ1) is 6.92. The zero-order valence-electron chi connectivity index (χ0n) is 7.97. The Hall–Kier alpha value is -1.61. The van der Waals surface area contributed by atoms with Gasteiger partial charge in [-0.15, -0.1) is 0 Å². The van der Waals surface area contributed by atoms with Crippen LogP contribution in [0, 0.1) is 0 Å². The van der Waals surface area contributed by atoms with Crippen molar-refractivity contribution >= 4 is 0 Å². The molecule has 2 aromatic rings. The van der Waals surface area contributed by atoms with Crippen molar-refractivity contribution in [2.24, 2.45) is 0 Å². The third kappa shape index (κ3) is 1.67. The molecule has 3 heteroatoms. The van der Waals surface area contributed by atoms with Gasteiger partial charge in [0, 0.05) is 11.8 Å². The standard InChI is InChI=1S/C11H12N2O/c1-12-11(9-5-7-14-8-9)10-4-2-3-6-13-10/h2-8,11-12H,1H3. The van der Waals surface area contributed by atoms with E-state index in [1.807, 2.05) is 31.3 Å². The molecule has 0 bridgehead atoms. The molecule has 0 aliphatic heterocycles. The maximum absolute atomic E-state index is 5.05. The van der Waals surface area contributed by atoms with Gasteiger partial charge in [0.25, 0.3) is 0 Å². The van der Waals surface area contributed by atoms with E-state index in [4.69, 9.17) is 4.42 Å². The lowest BCUT2D eigenvalue weighted by Crippen LogP contribution is -2.17. The fourth-order valence-electron chi connectivity index (χ4n) is 1.47. The van der Waals surface area contributed by atoms with Gasteiger partial charge >= 0.3 is 0 Å². The fourth-order valence-corrected chi connectivity index (χ4v) is 1.47. The zero-order chi connectivity index (χ0) is 9.80. The molecule has 2 aromatic heterocycles. The largest absolute Gasteiger partial charge is 0.472 e. The summed E-state index contributed by atoms with van der Waals surface area (Å²) in [4.78, 5) is 4.30. The highest BCUT2D eigenvalue weighted by atomic mass is 16.3. The van der Waals surface area contributed by atoms with Gasteiger partial charge in [-0.25, -0.2) is 0 Å². The van der Waals surface area contributed by atoms with Crippen LogP contribution in [0.2, 0.25) is 0 Å². The molecule has 1 N–H and O–H groups in total. The van der Waals surface area contributed by atoms with Gasteiger partial charge in [-0.3, -0.25) is 4.98 Å². The second kappa shape index (κ2) is 4.07. The van der Waals surface area contributed by atoms with Crippen molar-refractivity contribution in [3.05, 3.63) is 54.2 Å². The van der Waals surface area contributed by atoms with Crippen molar-refractivity contribution in [2.75, 3.05) is 7.05 Å². The summed E-state index contributed by atoms with van der Waals surface area (Å²) in [6, 6.07) is 7.93. The first-order valence-corrected chi connectivity index (χ1v) is 4.52. The summed E-state index contributed by atoms with van der Waals surface area (Å²) in [6.07, 6.45) is 5.19. The summed E-state index contributed by atoms with van der Waals surface area (Å²) in [5, 5.41) is 3.20. The van der Waals surface area contributed by atoms with E-state index in [1.54, 1.807) is 18.7 Å². The number of nitrogens with zero attached hydrogens (tertiary/aromatic N) is 1. The molecule has 0 saturated carbocycles. The van der Waals surface area contributed by atoms with Crippen molar-refractivity contribution in [2.45, 2.75) is 6.04 Å². The Labute approximate surface area is 82.8 Å². The average Bonchev–Trinajstić information content (AvgIpc) is 2.74. The quantitative estimate of drug-likeness (QED) is 0.800. The second-order valence-corrected chi connectivity index (χ2v) is 3.03. The summed E-state index contributed by atoms with van der Waals surface area (Å²) >= 11 is 0. The maximum Gasteiger partial charge on any atom is 0.0954 e. The van der Waals surface area contributed by atoms with Crippen LogP contribution >= 0.6 is 0 Å². The summed E-state index contributed by atoms with van der Waals surface area (Å²) in [5.41, 5.74) is 2.09. The Morgan fingerprint density at radius 2 is 2.29 bits per heavy atom. The molecular weight excluding hydrogens is 176 g/mol. The molecule has 1 atom stereocenters. The monoisotopic (exact) mass is 188 g/mol. The number of nitrogens with one attached hydrogen (secondary N) is 1. The molecule has 0 amide bonds. The van der Waals surface area contributed by atoms with E-state index in [2.05, 4.69) is 10.3 Å². The minimum Gasteiger partial charge on any atom is -0.472 e. The molecular formula is C11H12N2O. The van der Waals surface area contributed by atoms with Crippen LogP contribution in [-0.2, 0) is 0 Å². The smallest absolute Gasteiger partial charge is 0.0954 e. The first kappa shape index (κ1) is 8.97. The van der Waals surface area contributed by atoms with Crippen molar-refractivity contribution in [3.63, 3.8) is 0 Å². The molecule has 14 heavy (non-hydrogen) atoms. The van der Waals surface area contributed by atoms with Crippen LogP contribution in [-0.4, -0.2) is 12.0 Å². The van der Waals surface area contributed by atoms with Crippen LogP contribution in [0.25, 0.3) is 0 Å². The van der Waals surface area contributed by atoms with E-state index in [9.17, 15) is 0 Å². The van der Waals surface area contributed by atoms with Crippen molar-refractivity contribution in [1.29, 1.82) is 0 Å². The third-order valence-electron chi connectivity index (χ3n) is 2.15. The van der Waals surface area contributed by atoms with Crippen molar-refractivity contribution in [3.8, 4) is 0 Å². The Kier molecular flexibility index (Phi) is 2.60. The van der Waals surface area contributed by atoms with Crippen molar-refractivity contribution in [1.82, 2.24) is 10.3 Å². The van der Waals surface area contributed by atoms with Gasteiger partial charge < -0.3 is 9.73 Å². The Morgan fingerprint density at radius 3 is 2.86 bits per heavy atom. The van der Waals surface area contributed by atoms with Gasteiger partial charge in [-0.1, -0.05) is 6.07 Å². The normalized spacial score (nSPS) is 12.6. The topological polar surface area (TPSA) is 38.1 Å². The fraction of sp³-hybridized carbons (Fsp3) is 0.182. The minimum atomic E-state index is 0.106. The number of hydrogen-bond acceptors (Lipinski definition) is 3. The molecule has 0 fully saturated rings. The molecule has 0 spiro atoms. The molecule has 2 heterocycles. The van der Waals surface area contributed by atoms with Crippen LogP contribution < -0.4 is 5.32 Å². The maximum atomic E-state index is 5.05. The lowest BCUT2D eigenvalue weighted by Gasteiger charge is -2.12. The highest BCUT2D eigenvalue weighted by molar-refractivity contribution is 5.23. The Bertz CT molecular complexity index is 369. The van der Waals surface area contributed by atoms with Gasteiger partial charge in [0.2, 0.25) is 0 Å². The molecule has 0 aliphatic carbocycles. The Morgan fingerprint density at radius 1 is 1.36 bits per heavy atom. The van der Waals surface area contributed by atoms with Crippen LogP contribution in [0.4, 0.5) is 0 Å². The molecule has 72 valence electrons. The number of rotatable bonds is 3. The lowest BCUT2D eigenvalue weighted by molar-refractivity contribution is 0.556. The average molecular weight is 188 g/mol. The van der Waals surface area contributed by atoms with Gasteiger partial charge in [-0.05, 0) is 25.2 Å². The number of pyridine rings is 1. The minimum absolute atomic E-state index is 0.106. The van der Waals surface area contributed by atoms with Crippen LogP contribution in [0.5, 0.6) is 0 Å². The highest BCUT2D eigenvalue weighted by Crippen LogP contribution is 2.19. The summed E-state index contributed by atoms with van der Waals surface area (Å²) < 4.78 is 5.05. The van der Waals surface area contributed by atoms with E-state index in [0.717, 1.165) is 11.3 Å². The molecule has 0 radical (unpaired) electrons. The molecule has 0 aliphatic rings.